The lowest BCUT2D eigenvalue weighted by Gasteiger charge is -2.41. The number of rotatable bonds is 2. The second kappa shape index (κ2) is 4.14. The molecule has 0 bridgehead atoms. The van der Waals surface area contributed by atoms with E-state index in [0.29, 0.717) is 0 Å². The van der Waals surface area contributed by atoms with E-state index < -0.39 is 28.2 Å². The lowest BCUT2D eigenvalue weighted by molar-refractivity contribution is -0.146. The summed E-state index contributed by atoms with van der Waals surface area (Å²) in [6.45, 7) is 5.31. The fourth-order valence-electron chi connectivity index (χ4n) is 2.26. The number of carbonyl (C=O) groups excluding carboxylic acids is 2. The molecule has 1 aliphatic rings. The van der Waals surface area contributed by atoms with Crippen molar-refractivity contribution >= 4 is 22.6 Å². The molecule has 15 heavy (non-hydrogen) atoms. The van der Waals surface area contributed by atoms with E-state index in [0.717, 1.165) is 0 Å². The molecular formula is C10H15O4S-. The molecule has 0 N–H and O–H groups in total. The van der Waals surface area contributed by atoms with Crippen LogP contribution in [0.5, 0.6) is 0 Å². The third-order valence-electron chi connectivity index (χ3n) is 3.23. The molecule has 0 aromatic rings. The van der Waals surface area contributed by atoms with Crippen LogP contribution in [-0.4, -0.2) is 26.1 Å². The minimum absolute atomic E-state index is 0.0484. The first-order valence-electron chi connectivity index (χ1n) is 4.88. The van der Waals surface area contributed by atoms with Crippen molar-refractivity contribution < 1.29 is 18.4 Å². The van der Waals surface area contributed by atoms with Gasteiger partial charge in [-0.3, -0.25) is 13.8 Å². The molecule has 3 unspecified atom stereocenters. The smallest absolute Gasteiger partial charge is 0.201 e. The lowest BCUT2D eigenvalue weighted by Crippen LogP contribution is -2.46. The number of ketones is 2. The van der Waals surface area contributed by atoms with Crippen molar-refractivity contribution in [2.45, 2.75) is 27.2 Å². The first-order chi connectivity index (χ1) is 6.75. The minimum Gasteiger partial charge on any atom is -0.772 e. The highest BCUT2D eigenvalue weighted by molar-refractivity contribution is 7.79. The van der Waals surface area contributed by atoms with Gasteiger partial charge in [-0.25, -0.2) is 0 Å². The first kappa shape index (κ1) is 12.5. The number of hydrogen-bond donors (Lipinski definition) is 0. The molecule has 1 aliphatic carbocycles. The zero-order valence-electron chi connectivity index (χ0n) is 9.11. The maximum Gasteiger partial charge on any atom is 0.201 e. The Hall–Kier alpha value is -0.550. The summed E-state index contributed by atoms with van der Waals surface area (Å²) in [7, 11) is 0. The molecule has 4 nitrogen and oxygen atoms in total. The van der Waals surface area contributed by atoms with Crippen LogP contribution in [0.4, 0.5) is 0 Å². The van der Waals surface area contributed by atoms with Gasteiger partial charge in [-0.2, -0.15) is 0 Å². The fourth-order valence-corrected chi connectivity index (χ4v) is 3.30. The Morgan fingerprint density at radius 1 is 1.47 bits per heavy atom. The predicted molar refractivity (Wildman–Crippen MR) is 54.9 cm³/mol. The third-order valence-corrected chi connectivity index (χ3v) is 3.86. The van der Waals surface area contributed by atoms with Crippen molar-refractivity contribution in [1.29, 1.82) is 0 Å². The molecule has 5 heteroatoms. The molecule has 0 spiro atoms. The maximum atomic E-state index is 11.5. The molecule has 0 aromatic carbocycles. The van der Waals surface area contributed by atoms with Crippen LogP contribution in [0.3, 0.4) is 0 Å². The van der Waals surface area contributed by atoms with Crippen LogP contribution < -0.4 is 0 Å². The Bertz CT molecular complexity index is 321. The quantitative estimate of drug-likeness (QED) is 0.517. The standard InChI is InChI=1S/C10H16O4S/c1-6-7(5-15(13)14)10(2,3)4-8(11)9(6)12/h6-7H,4-5H2,1-3H3,(H,13,14)/p-1. The summed E-state index contributed by atoms with van der Waals surface area (Å²) in [4.78, 5) is 22.8. The van der Waals surface area contributed by atoms with Crippen molar-refractivity contribution in [2.24, 2.45) is 17.3 Å². The summed E-state index contributed by atoms with van der Waals surface area (Å²) in [5.74, 6) is -1.60. The van der Waals surface area contributed by atoms with Crippen molar-refractivity contribution in [2.75, 3.05) is 5.75 Å². The highest BCUT2D eigenvalue weighted by Gasteiger charge is 2.45. The van der Waals surface area contributed by atoms with E-state index in [9.17, 15) is 18.4 Å². The van der Waals surface area contributed by atoms with E-state index in [1.54, 1.807) is 6.92 Å². The lowest BCUT2D eigenvalue weighted by atomic mass is 9.64. The number of hydrogen-bond acceptors (Lipinski definition) is 4. The van der Waals surface area contributed by atoms with Gasteiger partial charge in [0.15, 0.2) is 5.78 Å². The van der Waals surface area contributed by atoms with Gasteiger partial charge < -0.3 is 4.55 Å². The van der Waals surface area contributed by atoms with Crippen LogP contribution in [0, 0.1) is 17.3 Å². The van der Waals surface area contributed by atoms with Crippen molar-refractivity contribution in [3.8, 4) is 0 Å². The van der Waals surface area contributed by atoms with Gasteiger partial charge in [0.25, 0.3) is 0 Å². The summed E-state index contributed by atoms with van der Waals surface area (Å²) < 4.78 is 21.4. The molecule has 0 saturated heterocycles. The van der Waals surface area contributed by atoms with Gasteiger partial charge >= 0.3 is 0 Å². The van der Waals surface area contributed by atoms with Gasteiger partial charge in [0, 0.05) is 18.1 Å². The Morgan fingerprint density at radius 3 is 2.47 bits per heavy atom. The van der Waals surface area contributed by atoms with Crippen LogP contribution >= 0.6 is 0 Å². The molecule has 86 valence electrons. The summed E-state index contributed by atoms with van der Waals surface area (Å²) >= 11 is -2.17. The van der Waals surface area contributed by atoms with Crippen LogP contribution in [0.25, 0.3) is 0 Å². The molecular weight excluding hydrogens is 216 g/mol. The molecule has 1 fully saturated rings. The highest BCUT2D eigenvalue weighted by atomic mass is 32.2. The largest absolute Gasteiger partial charge is 0.772 e. The van der Waals surface area contributed by atoms with Crippen LogP contribution in [-0.2, 0) is 20.7 Å². The molecule has 0 aliphatic heterocycles. The van der Waals surface area contributed by atoms with E-state index in [2.05, 4.69) is 0 Å². The SMILES string of the molecule is CC1C(=O)C(=O)CC(C)(C)C1CS(=O)[O-]. The predicted octanol–water partition coefficient (Wildman–Crippen LogP) is 0.686. The second-order valence-corrected chi connectivity index (χ2v) is 5.76. The van der Waals surface area contributed by atoms with Crippen molar-refractivity contribution in [3.63, 3.8) is 0 Å². The minimum atomic E-state index is -2.17. The average molecular weight is 231 g/mol. The van der Waals surface area contributed by atoms with E-state index >= 15 is 0 Å². The molecule has 1 saturated carbocycles. The van der Waals surface area contributed by atoms with Gasteiger partial charge in [0.05, 0.1) is 0 Å². The Morgan fingerprint density at radius 2 is 2.00 bits per heavy atom. The maximum absolute atomic E-state index is 11.5. The van der Waals surface area contributed by atoms with Crippen LogP contribution in [0.1, 0.15) is 27.2 Å². The average Bonchev–Trinajstić information content (AvgIpc) is 2.08. The Kier molecular flexibility index (Phi) is 3.45. The zero-order chi connectivity index (χ0) is 11.8. The van der Waals surface area contributed by atoms with Crippen LogP contribution in [0.2, 0.25) is 0 Å². The Labute approximate surface area is 91.7 Å². The molecule has 0 radical (unpaired) electrons. The molecule has 0 aromatic heterocycles. The topological polar surface area (TPSA) is 74.3 Å². The number of carbonyl (C=O) groups is 2. The molecule has 3 atom stereocenters. The van der Waals surface area contributed by atoms with E-state index in [-0.39, 0.29) is 23.9 Å². The van der Waals surface area contributed by atoms with E-state index in [1.165, 1.54) is 0 Å². The van der Waals surface area contributed by atoms with E-state index in [4.69, 9.17) is 0 Å². The fraction of sp³-hybridized carbons (Fsp3) is 0.800. The molecule has 1 rings (SSSR count). The van der Waals surface area contributed by atoms with Crippen molar-refractivity contribution in [3.05, 3.63) is 0 Å². The first-order valence-corrected chi connectivity index (χ1v) is 6.13. The highest BCUT2D eigenvalue weighted by Crippen LogP contribution is 2.41. The summed E-state index contributed by atoms with van der Waals surface area (Å²) in [5, 5.41) is 0. The number of Topliss-reactive ketones (excluding diaryl/α,β-unsaturated/α-hetero) is 2. The van der Waals surface area contributed by atoms with Gasteiger partial charge in [-0.1, -0.05) is 31.9 Å². The normalized spacial score (nSPS) is 32.8. The second-order valence-electron chi connectivity index (χ2n) is 4.82. The Balaban J connectivity index is 2.95. The summed E-state index contributed by atoms with van der Waals surface area (Å²) in [6, 6.07) is 0. The molecule has 0 amide bonds. The van der Waals surface area contributed by atoms with Crippen LogP contribution in [0.15, 0.2) is 0 Å². The van der Waals surface area contributed by atoms with Gasteiger partial charge in [0.1, 0.15) is 0 Å². The van der Waals surface area contributed by atoms with Gasteiger partial charge in [-0.15, -0.1) is 0 Å². The van der Waals surface area contributed by atoms with Crippen molar-refractivity contribution in [1.82, 2.24) is 0 Å². The van der Waals surface area contributed by atoms with Gasteiger partial charge in [0.2, 0.25) is 5.78 Å². The monoisotopic (exact) mass is 231 g/mol. The summed E-state index contributed by atoms with van der Waals surface area (Å²) in [5.41, 5.74) is -0.412. The van der Waals surface area contributed by atoms with E-state index in [1.807, 2.05) is 13.8 Å². The third kappa shape index (κ3) is 2.52. The zero-order valence-corrected chi connectivity index (χ0v) is 9.93. The summed E-state index contributed by atoms with van der Waals surface area (Å²) in [6.07, 6.45) is 0.151. The van der Waals surface area contributed by atoms with Gasteiger partial charge in [-0.05, 0) is 11.3 Å². The molecule has 0 heterocycles.